The summed E-state index contributed by atoms with van der Waals surface area (Å²) in [5.41, 5.74) is 2.26. The third-order valence-electron chi connectivity index (χ3n) is 3.79. The average molecular weight is 382 g/mol. The molecule has 0 aliphatic heterocycles. The van der Waals surface area contributed by atoms with Gasteiger partial charge in [-0.3, -0.25) is 14.6 Å². The summed E-state index contributed by atoms with van der Waals surface area (Å²) >= 11 is 1.19. The lowest BCUT2D eigenvalue weighted by Gasteiger charge is -2.13. The maximum absolute atomic E-state index is 12.4. The van der Waals surface area contributed by atoms with Gasteiger partial charge >= 0.3 is 0 Å². The number of hydrogen-bond donors (Lipinski definition) is 1. The lowest BCUT2D eigenvalue weighted by atomic mass is 10.0. The first-order chi connectivity index (χ1) is 13.0. The van der Waals surface area contributed by atoms with Crippen molar-refractivity contribution in [3.8, 4) is 11.5 Å². The number of ketones is 1. The molecule has 2 heterocycles. The molecule has 2 aromatic heterocycles. The molecule has 1 atom stereocenters. The SMILES string of the molecule is CC(=O)N[C@@H](C)c1ccc(C(=O)CSc2nnc(-c3cccnc3)o2)cc1. The molecule has 0 saturated carbocycles. The van der Waals surface area contributed by atoms with Crippen molar-refractivity contribution in [3.63, 3.8) is 0 Å². The van der Waals surface area contributed by atoms with Crippen LogP contribution in [-0.4, -0.2) is 32.6 Å². The van der Waals surface area contributed by atoms with Crippen molar-refractivity contribution in [2.24, 2.45) is 0 Å². The van der Waals surface area contributed by atoms with Gasteiger partial charge in [0, 0.05) is 24.9 Å². The number of thioether (sulfide) groups is 1. The van der Waals surface area contributed by atoms with E-state index in [4.69, 9.17) is 4.42 Å². The van der Waals surface area contributed by atoms with Crippen LogP contribution in [0.25, 0.3) is 11.5 Å². The molecule has 1 amide bonds. The van der Waals surface area contributed by atoms with Crippen LogP contribution in [0.2, 0.25) is 0 Å². The molecule has 27 heavy (non-hydrogen) atoms. The molecule has 3 rings (SSSR count). The summed E-state index contributed by atoms with van der Waals surface area (Å²) in [5, 5.41) is 11.1. The van der Waals surface area contributed by atoms with Crippen LogP contribution in [0.3, 0.4) is 0 Å². The molecule has 7 nitrogen and oxygen atoms in total. The first-order valence-corrected chi connectivity index (χ1v) is 9.28. The van der Waals surface area contributed by atoms with Gasteiger partial charge in [0.25, 0.3) is 5.22 Å². The molecule has 3 aromatic rings. The fourth-order valence-electron chi connectivity index (χ4n) is 2.43. The molecular weight excluding hydrogens is 364 g/mol. The normalized spacial score (nSPS) is 11.8. The molecule has 138 valence electrons. The van der Waals surface area contributed by atoms with Gasteiger partial charge in [-0.1, -0.05) is 36.0 Å². The highest BCUT2D eigenvalue weighted by molar-refractivity contribution is 7.99. The molecular formula is C19H18N4O3S. The van der Waals surface area contributed by atoms with E-state index < -0.39 is 0 Å². The van der Waals surface area contributed by atoms with Gasteiger partial charge in [0.15, 0.2) is 5.78 Å². The molecule has 1 N–H and O–H groups in total. The zero-order valence-corrected chi connectivity index (χ0v) is 15.7. The lowest BCUT2D eigenvalue weighted by molar-refractivity contribution is -0.119. The summed E-state index contributed by atoms with van der Waals surface area (Å²) in [6.45, 7) is 3.37. The van der Waals surface area contributed by atoms with Crippen LogP contribution in [-0.2, 0) is 4.79 Å². The van der Waals surface area contributed by atoms with Crippen molar-refractivity contribution in [1.29, 1.82) is 0 Å². The molecule has 0 aliphatic rings. The Morgan fingerprint density at radius 3 is 2.63 bits per heavy atom. The number of rotatable bonds is 7. The molecule has 1 aromatic carbocycles. The Labute approximate surface area is 160 Å². The van der Waals surface area contributed by atoms with Crippen LogP contribution in [0.15, 0.2) is 58.4 Å². The number of carbonyl (C=O) groups excluding carboxylic acids is 2. The van der Waals surface area contributed by atoms with Crippen molar-refractivity contribution >= 4 is 23.5 Å². The Morgan fingerprint density at radius 1 is 1.19 bits per heavy atom. The fourth-order valence-corrected chi connectivity index (χ4v) is 3.09. The van der Waals surface area contributed by atoms with E-state index >= 15 is 0 Å². The highest BCUT2D eigenvalue weighted by atomic mass is 32.2. The number of nitrogens with zero attached hydrogens (tertiary/aromatic N) is 3. The maximum Gasteiger partial charge on any atom is 0.277 e. The minimum atomic E-state index is -0.106. The number of carbonyl (C=O) groups is 2. The summed E-state index contributed by atoms with van der Waals surface area (Å²) in [7, 11) is 0. The van der Waals surface area contributed by atoms with Gasteiger partial charge in [0.1, 0.15) is 0 Å². The Morgan fingerprint density at radius 2 is 1.96 bits per heavy atom. The molecule has 0 saturated heterocycles. The van der Waals surface area contributed by atoms with Gasteiger partial charge in [-0.25, -0.2) is 0 Å². The monoisotopic (exact) mass is 382 g/mol. The summed E-state index contributed by atoms with van der Waals surface area (Å²) in [6.07, 6.45) is 3.30. The number of amides is 1. The second-order valence-electron chi connectivity index (χ2n) is 5.87. The van der Waals surface area contributed by atoms with E-state index in [0.717, 1.165) is 11.1 Å². The van der Waals surface area contributed by atoms with Gasteiger partial charge < -0.3 is 9.73 Å². The smallest absolute Gasteiger partial charge is 0.277 e. The van der Waals surface area contributed by atoms with E-state index in [1.807, 2.05) is 25.1 Å². The predicted molar refractivity (Wildman–Crippen MR) is 101 cm³/mol. The van der Waals surface area contributed by atoms with E-state index in [1.54, 1.807) is 30.6 Å². The fraction of sp³-hybridized carbons (Fsp3) is 0.211. The summed E-state index contributed by atoms with van der Waals surface area (Å²) in [4.78, 5) is 27.5. The second kappa shape index (κ2) is 8.59. The Kier molecular flexibility index (Phi) is 5.97. The Balaban J connectivity index is 1.58. The second-order valence-corrected chi connectivity index (χ2v) is 6.80. The third kappa shape index (κ3) is 5.01. The van der Waals surface area contributed by atoms with Crippen molar-refractivity contribution in [3.05, 3.63) is 59.9 Å². The molecule has 0 spiro atoms. The number of Topliss-reactive ketones (excluding diaryl/α,β-unsaturated/α-hetero) is 1. The largest absolute Gasteiger partial charge is 0.411 e. The van der Waals surface area contributed by atoms with E-state index in [0.29, 0.717) is 16.7 Å². The molecule has 8 heteroatoms. The van der Waals surface area contributed by atoms with Crippen molar-refractivity contribution in [2.45, 2.75) is 25.1 Å². The van der Waals surface area contributed by atoms with Gasteiger partial charge in [0.2, 0.25) is 11.8 Å². The van der Waals surface area contributed by atoms with Crippen LogP contribution in [0, 0.1) is 0 Å². The van der Waals surface area contributed by atoms with Gasteiger partial charge in [-0.05, 0) is 24.6 Å². The van der Waals surface area contributed by atoms with E-state index in [2.05, 4.69) is 20.5 Å². The summed E-state index contributed by atoms with van der Waals surface area (Å²) in [5.74, 6) is 0.424. The quantitative estimate of drug-likeness (QED) is 0.494. The van der Waals surface area contributed by atoms with Gasteiger partial charge in [-0.2, -0.15) is 0 Å². The molecule has 0 unspecified atom stereocenters. The summed E-state index contributed by atoms with van der Waals surface area (Å²) < 4.78 is 5.55. The molecule has 0 bridgehead atoms. The molecule has 0 fully saturated rings. The number of benzene rings is 1. The summed E-state index contributed by atoms with van der Waals surface area (Å²) in [6, 6.07) is 10.7. The number of nitrogens with one attached hydrogen (secondary N) is 1. The minimum Gasteiger partial charge on any atom is -0.411 e. The van der Waals surface area contributed by atoms with Crippen molar-refractivity contribution < 1.29 is 14.0 Å². The van der Waals surface area contributed by atoms with Crippen LogP contribution in [0.4, 0.5) is 0 Å². The minimum absolute atomic E-state index is 0.0418. The predicted octanol–water partition coefficient (Wildman–Crippen LogP) is 3.30. The Bertz CT molecular complexity index is 926. The highest BCUT2D eigenvalue weighted by Gasteiger charge is 2.13. The van der Waals surface area contributed by atoms with Crippen LogP contribution in [0.1, 0.15) is 35.8 Å². The number of pyridine rings is 1. The number of aromatic nitrogens is 3. The van der Waals surface area contributed by atoms with E-state index in [9.17, 15) is 9.59 Å². The Hall–Kier alpha value is -3.00. The van der Waals surface area contributed by atoms with Crippen LogP contribution < -0.4 is 5.32 Å². The lowest BCUT2D eigenvalue weighted by Crippen LogP contribution is -2.23. The van der Waals surface area contributed by atoms with Gasteiger partial charge in [-0.15, -0.1) is 10.2 Å². The maximum atomic E-state index is 12.4. The van der Waals surface area contributed by atoms with E-state index in [-0.39, 0.29) is 23.5 Å². The van der Waals surface area contributed by atoms with Crippen molar-refractivity contribution in [2.75, 3.05) is 5.75 Å². The topological polar surface area (TPSA) is 98.0 Å². The van der Waals surface area contributed by atoms with Gasteiger partial charge in [0.05, 0.1) is 17.4 Å². The first kappa shape index (κ1) is 18.8. The van der Waals surface area contributed by atoms with E-state index in [1.165, 1.54) is 18.7 Å². The molecule has 0 radical (unpaired) electrons. The average Bonchev–Trinajstić information content (AvgIpc) is 3.15. The third-order valence-corrected chi connectivity index (χ3v) is 4.61. The standard InChI is InChI=1S/C19H18N4O3S/c1-12(21-13(2)24)14-5-7-15(8-6-14)17(25)11-27-19-23-22-18(26-19)16-4-3-9-20-10-16/h3-10,12H,11H2,1-2H3,(H,21,24)/t12-/m0/s1. The number of hydrogen-bond acceptors (Lipinski definition) is 7. The zero-order valence-electron chi connectivity index (χ0n) is 14.9. The highest BCUT2D eigenvalue weighted by Crippen LogP contribution is 2.23. The molecule has 0 aliphatic carbocycles. The van der Waals surface area contributed by atoms with Crippen LogP contribution >= 0.6 is 11.8 Å². The zero-order chi connectivity index (χ0) is 19.2. The van der Waals surface area contributed by atoms with Crippen LogP contribution in [0.5, 0.6) is 0 Å². The van der Waals surface area contributed by atoms with Crippen molar-refractivity contribution in [1.82, 2.24) is 20.5 Å². The first-order valence-electron chi connectivity index (χ1n) is 8.30.